The normalized spacial score (nSPS) is 10.1. The quantitative estimate of drug-likeness (QED) is 0.470. The molecule has 0 bridgehead atoms. The van der Waals surface area contributed by atoms with Crippen LogP contribution in [0.2, 0.25) is 0 Å². The summed E-state index contributed by atoms with van der Waals surface area (Å²) >= 11 is 0. The molecular formula is C13H17F. The van der Waals surface area contributed by atoms with Crippen LogP contribution in [0.5, 0.6) is 0 Å². The Morgan fingerprint density at radius 1 is 1.07 bits per heavy atom. The van der Waals surface area contributed by atoms with E-state index in [1.165, 1.54) is 37.0 Å². The Morgan fingerprint density at radius 3 is 2.43 bits per heavy atom. The van der Waals surface area contributed by atoms with Crippen LogP contribution in [0.25, 0.3) is 0 Å². The lowest BCUT2D eigenvalue weighted by atomic mass is 10.1. The molecule has 0 fully saturated rings. The maximum absolute atomic E-state index is 12.6. The van der Waals surface area contributed by atoms with E-state index >= 15 is 0 Å². The van der Waals surface area contributed by atoms with Crippen molar-refractivity contribution in [2.24, 2.45) is 0 Å². The van der Waals surface area contributed by atoms with Gasteiger partial charge in [-0.3, -0.25) is 0 Å². The predicted molar refractivity (Wildman–Crippen MR) is 58.8 cm³/mol. The third-order valence-corrected chi connectivity index (χ3v) is 2.29. The summed E-state index contributed by atoms with van der Waals surface area (Å²) in [7, 11) is 0. The molecule has 0 aromatic heterocycles. The van der Waals surface area contributed by atoms with E-state index in [1.54, 1.807) is 0 Å². The summed E-state index contributed by atoms with van der Waals surface area (Å²) in [5.41, 5.74) is 1.23. The molecule has 0 unspecified atom stereocenters. The standard InChI is InChI=1S/C13H17F/c1-2-3-4-5-6-7-12-8-10-13(14)11-9-12/h2,8-11H,1,3-7H2. The van der Waals surface area contributed by atoms with Gasteiger partial charge in [0.2, 0.25) is 0 Å². The first-order valence-corrected chi connectivity index (χ1v) is 5.18. The summed E-state index contributed by atoms with van der Waals surface area (Å²) in [6.07, 6.45) is 7.73. The highest BCUT2D eigenvalue weighted by Gasteiger charge is 1.93. The number of hydrogen-bond acceptors (Lipinski definition) is 0. The molecule has 0 aliphatic carbocycles. The molecule has 76 valence electrons. The van der Waals surface area contributed by atoms with Crippen LogP contribution < -0.4 is 0 Å². The number of allylic oxidation sites excluding steroid dienone is 1. The minimum atomic E-state index is -0.152. The summed E-state index contributed by atoms with van der Waals surface area (Å²) in [6, 6.07) is 6.78. The maximum Gasteiger partial charge on any atom is 0.123 e. The number of hydrogen-bond donors (Lipinski definition) is 0. The van der Waals surface area contributed by atoms with Crippen LogP contribution in [-0.4, -0.2) is 0 Å². The minimum Gasteiger partial charge on any atom is -0.207 e. The van der Waals surface area contributed by atoms with Gasteiger partial charge >= 0.3 is 0 Å². The predicted octanol–water partition coefficient (Wildman–Crippen LogP) is 4.11. The topological polar surface area (TPSA) is 0 Å². The van der Waals surface area contributed by atoms with Crippen molar-refractivity contribution in [2.75, 3.05) is 0 Å². The smallest absolute Gasteiger partial charge is 0.123 e. The molecule has 0 aliphatic heterocycles. The van der Waals surface area contributed by atoms with E-state index in [0.717, 1.165) is 12.8 Å². The zero-order chi connectivity index (χ0) is 10.2. The zero-order valence-corrected chi connectivity index (χ0v) is 8.51. The van der Waals surface area contributed by atoms with Crippen molar-refractivity contribution >= 4 is 0 Å². The maximum atomic E-state index is 12.6. The Balaban J connectivity index is 2.18. The van der Waals surface area contributed by atoms with Crippen molar-refractivity contribution in [3.63, 3.8) is 0 Å². The summed E-state index contributed by atoms with van der Waals surface area (Å²) in [6.45, 7) is 3.68. The van der Waals surface area contributed by atoms with Gasteiger partial charge in [0, 0.05) is 0 Å². The molecule has 1 aromatic rings. The number of rotatable bonds is 6. The number of unbranched alkanes of at least 4 members (excludes halogenated alkanes) is 3. The highest BCUT2D eigenvalue weighted by molar-refractivity contribution is 5.15. The lowest BCUT2D eigenvalue weighted by Gasteiger charge is -2.00. The number of benzene rings is 1. The Morgan fingerprint density at radius 2 is 1.79 bits per heavy atom. The van der Waals surface area contributed by atoms with E-state index in [1.807, 2.05) is 18.2 Å². The van der Waals surface area contributed by atoms with Gasteiger partial charge in [-0.25, -0.2) is 4.39 Å². The van der Waals surface area contributed by atoms with Crippen LogP contribution in [0.3, 0.4) is 0 Å². The van der Waals surface area contributed by atoms with Crippen LogP contribution in [0, 0.1) is 5.82 Å². The lowest BCUT2D eigenvalue weighted by molar-refractivity contribution is 0.625. The van der Waals surface area contributed by atoms with Gasteiger partial charge in [0.25, 0.3) is 0 Å². The largest absolute Gasteiger partial charge is 0.207 e. The number of halogens is 1. The molecule has 0 nitrogen and oxygen atoms in total. The van der Waals surface area contributed by atoms with Crippen LogP contribution >= 0.6 is 0 Å². The van der Waals surface area contributed by atoms with Gasteiger partial charge in [0.05, 0.1) is 0 Å². The van der Waals surface area contributed by atoms with Crippen molar-refractivity contribution in [3.05, 3.63) is 48.3 Å². The van der Waals surface area contributed by atoms with E-state index in [4.69, 9.17) is 0 Å². The minimum absolute atomic E-state index is 0.152. The second-order valence-electron chi connectivity index (χ2n) is 3.51. The Hall–Kier alpha value is -1.11. The average Bonchev–Trinajstić information content (AvgIpc) is 2.21. The van der Waals surface area contributed by atoms with Crippen LogP contribution in [0.4, 0.5) is 4.39 Å². The van der Waals surface area contributed by atoms with Crippen molar-refractivity contribution in [3.8, 4) is 0 Å². The fourth-order valence-electron chi connectivity index (χ4n) is 1.45. The van der Waals surface area contributed by atoms with E-state index < -0.39 is 0 Å². The van der Waals surface area contributed by atoms with Crippen LogP contribution in [-0.2, 0) is 6.42 Å². The second-order valence-corrected chi connectivity index (χ2v) is 3.51. The van der Waals surface area contributed by atoms with E-state index in [-0.39, 0.29) is 5.82 Å². The van der Waals surface area contributed by atoms with Crippen molar-refractivity contribution in [1.29, 1.82) is 0 Å². The number of aryl methyl sites for hydroxylation is 1. The van der Waals surface area contributed by atoms with Crippen LogP contribution in [0.15, 0.2) is 36.9 Å². The summed E-state index contributed by atoms with van der Waals surface area (Å²) < 4.78 is 12.6. The van der Waals surface area contributed by atoms with Gasteiger partial charge in [0.1, 0.15) is 5.82 Å². The first-order valence-electron chi connectivity index (χ1n) is 5.18. The molecule has 0 spiro atoms. The Labute approximate surface area is 85.5 Å². The molecule has 0 aliphatic rings. The van der Waals surface area contributed by atoms with E-state index in [2.05, 4.69) is 6.58 Å². The second kappa shape index (κ2) is 6.36. The SMILES string of the molecule is C=CCCCCCc1ccc(F)cc1. The molecule has 0 saturated heterocycles. The zero-order valence-electron chi connectivity index (χ0n) is 8.51. The van der Waals surface area contributed by atoms with Crippen LogP contribution in [0.1, 0.15) is 31.2 Å². The molecule has 0 atom stereocenters. The Kier molecular flexibility index (Phi) is 4.98. The molecule has 0 amide bonds. The van der Waals surface area contributed by atoms with Crippen molar-refractivity contribution in [1.82, 2.24) is 0 Å². The highest BCUT2D eigenvalue weighted by Crippen LogP contribution is 2.08. The van der Waals surface area contributed by atoms with Gasteiger partial charge in [-0.05, 0) is 43.4 Å². The molecule has 1 heteroatoms. The fourth-order valence-corrected chi connectivity index (χ4v) is 1.45. The van der Waals surface area contributed by atoms with Gasteiger partial charge in [-0.1, -0.05) is 24.6 Å². The van der Waals surface area contributed by atoms with Gasteiger partial charge in [-0.2, -0.15) is 0 Å². The highest BCUT2D eigenvalue weighted by atomic mass is 19.1. The Bertz CT molecular complexity index is 261. The third kappa shape index (κ3) is 4.22. The average molecular weight is 192 g/mol. The first-order chi connectivity index (χ1) is 6.83. The molecule has 0 N–H and O–H groups in total. The van der Waals surface area contributed by atoms with E-state index in [9.17, 15) is 4.39 Å². The monoisotopic (exact) mass is 192 g/mol. The van der Waals surface area contributed by atoms with Gasteiger partial charge < -0.3 is 0 Å². The van der Waals surface area contributed by atoms with E-state index in [0.29, 0.717) is 0 Å². The summed E-state index contributed by atoms with van der Waals surface area (Å²) in [4.78, 5) is 0. The molecule has 0 heterocycles. The van der Waals surface area contributed by atoms with Gasteiger partial charge in [-0.15, -0.1) is 6.58 Å². The third-order valence-electron chi connectivity index (χ3n) is 2.29. The molecule has 0 saturated carbocycles. The van der Waals surface area contributed by atoms with Crippen molar-refractivity contribution in [2.45, 2.75) is 32.1 Å². The molecular weight excluding hydrogens is 175 g/mol. The molecule has 14 heavy (non-hydrogen) atoms. The van der Waals surface area contributed by atoms with Crippen molar-refractivity contribution < 1.29 is 4.39 Å². The fraction of sp³-hybridized carbons (Fsp3) is 0.385. The summed E-state index contributed by atoms with van der Waals surface area (Å²) in [5, 5.41) is 0. The first kappa shape index (κ1) is 11.0. The molecule has 1 rings (SSSR count). The summed E-state index contributed by atoms with van der Waals surface area (Å²) in [5.74, 6) is -0.152. The molecule has 1 aromatic carbocycles. The van der Waals surface area contributed by atoms with Gasteiger partial charge in [0.15, 0.2) is 0 Å². The molecule has 0 radical (unpaired) electrons. The lowest BCUT2D eigenvalue weighted by Crippen LogP contribution is -1.86.